The van der Waals surface area contributed by atoms with Gasteiger partial charge in [-0.05, 0) is 24.6 Å². The van der Waals surface area contributed by atoms with Crippen LogP contribution in [-0.4, -0.2) is 40.7 Å². The molecule has 20 heavy (non-hydrogen) atoms. The van der Waals surface area contributed by atoms with Gasteiger partial charge in [0.15, 0.2) is 9.84 Å². The van der Waals surface area contributed by atoms with Gasteiger partial charge in [0.05, 0.1) is 16.2 Å². The second kappa shape index (κ2) is 5.90. The van der Waals surface area contributed by atoms with Crippen LogP contribution in [0.2, 0.25) is 0 Å². The first kappa shape index (κ1) is 16.6. The van der Waals surface area contributed by atoms with E-state index in [0.29, 0.717) is 5.56 Å². The van der Waals surface area contributed by atoms with E-state index in [1.54, 1.807) is 0 Å². The molecule has 0 aromatic heterocycles. The average Bonchev–Trinajstić information content (AvgIpc) is 2.26. The maximum absolute atomic E-state index is 12.0. The number of aryl methyl sites for hydroxylation is 1. The lowest BCUT2D eigenvalue weighted by molar-refractivity contribution is -0.136. The standard InChI is InChI=1S/C11H15NO6S2/c1-8-3-4-9(19(2,15)16)7-10(8)20(17,18)12-6-5-11(13)14/h3-4,7,12H,5-6H2,1-2H3,(H,13,14). The first-order chi connectivity index (χ1) is 9.04. The van der Waals surface area contributed by atoms with Gasteiger partial charge in [-0.15, -0.1) is 0 Å². The smallest absolute Gasteiger partial charge is 0.304 e. The van der Waals surface area contributed by atoms with Gasteiger partial charge < -0.3 is 5.11 Å². The molecule has 0 radical (unpaired) electrons. The molecule has 0 saturated heterocycles. The van der Waals surface area contributed by atoms with Crippen molar-refractivity contribution in [3.05, 3.63) is 23.8 Å². The van der Waals surface area contributed by atoms with Crippen LogP contribution in [0.4, 0.5) is 0 Å². The molecule has 0 amide bonds. The van der Waals surface area contributed by atoms with Gasteiger partial charge in [-0.2, -0.15) is 0 Å². The van der Waals surface area contributed by atoms with Crippen LogP contribution in [-0.2, 0) is 24.7 Å². The molecule has 0 bridgehead atoms. The number of sulfone groups is 1. The number of rotatable bonds is 6. The molecule has 0 fully saturated rings. The fourth-order valence-corrected chi connectivity index (χ4v) is 3.49. The van der Waals surface area contributed by atoms with E-state index >= 15 is 0 Å². The van der Waals surface area contributed by atoms with Crippen molar-refractivity contribution in [3.63, 3.8) is 0 Å². The van der Waals surface area contributed by atoms with Gasteiger partial charge in [-0.3, -0.25) is 4.79 Å². The topological polar surface area (TPSA) is 118 Å². The van der Waals surface area contributed by atoms with Crippen LogP contribution >= 0.6 is 0 Å². The molecule has 0 heterocycles. The Balaban J connectivity index is 3.15. The highest BCUT2D eigenvalue weighted by atomic mass is 32.2. The Morgan fingerprint density at radius 1 is 1.25 bits per heavy atom. The molecule has 1 aromatic carbocycles. The fourth-order valence-electron chi connectivity index (χ4n) is 1.47. The minimum absolute atomic E-state index is 0.110. The monoisotopic (exact) mass is 321 g/mol. The zero-order valence-corrected chi connectivity index (χ0v) is 12.6. The number of aliphatic carboxylic acids is 1. The summed E-state index contributed by atoms with van der Waals surface area (Å²) in [4.78, 5) is 10.1. The Morgan fingerprint density at radius 3 is 2.35 bits per heavy atom. The third-order valence-electron chi connectivity index (χ3n) is 2.51. The van der Waals surface area contributed by atoms with Crippen molar-refractivity contribution < 1.29 is 26.7 Å². The van der Waals surface area contributed by atoms with Crippen molar-refractivity contribution in [1.29, 1.82) is 0 Å². The summed E-state index contributed by atoms with van der Waals surface area (Å²) in [5.41, 5.74) is 0.375. The highest BCUT2D eigenvalue weighted by Crippen LogP contribution is 2.19. The van der Waals surface area contributed by atoms with Crippen molar-refractivity contribution in [3.8, 4) is 0 Å². The summed E-state index contributed by atoms with van der Waals surface area (Å²) in [5, 5.41) is 8.47. The van der Waals surface area contributed by atoms with Gasteiger partial charge in [0, 0.05) is 12.8 Å². The Kier molecular flexibility index (Phi) is 4.90. The third-order valence-corrected chi connectivity index (χ3v) is 5.22. The van der Waals surface area contributed by atoms with Crippen LogP contribution in [0.5, 0.6) is 0 Å². The summed E-state index contributed by atoms with van der Waals surface area (Å²) in [5.74, 6) is -1.13. The first-order valence-corrected chi connectivity index (χ1v) is 8.93. The van der Waals surface area contributed by atoms with Crippen LogP contribution in [0, 0.1) is 6.92 Å². The number of carboxylic acid groups (broad SMARTS) is 1. The number of sulfonamides is 1. The number of nitrogens with one attached hydrogen (secondary N) is 1. The second-order valence-electron chi connectivity index (χ2n) is 4.24. The molecule has 0 spiro atoms. The molecule has 0 saturated carbocycles. The minimum atomic E-state index is -3.95. The minimum Gasteiger partial charge on any atom is -0.481 e. The largest absolute Gasteiger partial charge is 0.481 e. The van der Waals surface area contributed by atoms with Gasteiger partial charge in [-0.25, -0.2) is 21.6 Å². The summed E-state index contributed by atoms with van der Waals surface area (Å²) in [6.07, 6.45) is 0.621. The average molecular weight is 321 g/mol. The van der Waals surface area contributed by atoms with Gasteiger partial charge in [0.2, 0.25) is 10.0 Å². The van der Waals surface area contributed by atoms with Crippen LogP contribution in [0.1, 0.15) is 12.0 Å². The fraction of sp³-hybridized carbons (Fsp3) is 0.364. The first-order valence-electron chi connectivity index (χ1n) is 5.56. The molecule has 1 rings (SSSR count). The lowest BCUT2D eigenvalue weighted by Crippen LogP contribution is -2.27. The normalized spacial score (nSPS) is 12.3. The molecule has 2 N–H and O–H groups in total. The summed E-state index contributed by atoms with van der Waals surface area (Å²) in [7, 11) is -7.47. The highest BCUT2D eigenvalue weighted by Gasteiger charge is 2.19. The zero-order chi connectivity index (χ0) is 15.6. The van der Waals surface area contributed by atoms with E-state index in [0.717, 1.165) is 12.3 Å². The van der Waals surface area contributed by atoms with E-state index in [2.05, 4.69) is 4.72 Å². The molecule has 112 valence electrons. The molecular formula is C11H15NO6S2. The lowest BCUT2D eigenvalue weighted by atomic mass is 10.2. The van der Waals surface area contributed by atoms with Crippen molar-refractivity contribution >= 4 is 25.8 Å². The molecule has 0 unspecified atom stereocenters. The molecular weight excluding hydrogens is 306 g/mol. The molecule has 1 aromatic rings. The maximum atomic E-state index is 12.0. The molecule has 0 aliphatic carbocycles. The molecule has 0 aliphatic heterocycles. The zero-order valence-electron chi connectivity index (χ0n) is 11.0. The van der Waals surface area contributed by atoms with E-state index in [9.17, 15) is 21.6 Å². The number of hydrogen-bond donors (Lipinski definition) is 2. The number of carboxylic acids is 1. The quantitative estimate of drug-likeness (QED) is 0.770. The van der Waals surface area contributed by atoms with Crippen LogP contribution < -0.4 is 4.72 Å². The Labute approximate surface area is 117 Å². The highest BCUT2D eigenvalue weighted by molar-refractivity contribution is 7.91. The molecule has 0 aliphatic rings. The Hall–Kier alpha value is -1.45. The van der Waals surface area contributed by atoms with Gasteiger partial charge in [-0.1, -0.05) is 6.07 Å². The number of hydrogen-bond acceptors (Lipinski definition) is 5. The lowest BCUT2D eigenvalue weighted by Gasteiger charge is -2.10. The predicted molar refractivity (Wildman–Crippen MR) is 71.7 cm³/mol. The Morgan fingerprint density at radius 2 is 1.85 bits per heavy atom. The van der Waals surface area contributed by atoms with Crippen molar-refractivity contribution in [2.24, 2.45) is 0 Å². The third kappa shape index (κ3) is 4.29. The number of benzene rings is 1. The summed E-state index contributed by atoms with van der Waals surface area (Å²) in [6, 6.07) is 3.77. The van der Waals surface area contributed by atoms with E-state index < -0.39 is 25.8 Å². The van der Waals surface area contributed by atoms with Gasteiger partial charge >= 0.3 is 5.97 Å². The number of carbonyl (C=O) groups is 1. The van der Waals surface area contributed by atoms with E-state index in [-0.39, 0.29) is 22.8 Å². The summed E-state index contributed by atoms with van der Waals surface area (Å²) in [6.45, 7) is 1.26. The SMILES string of the molecule is Cc1ccc(S(C)(=O)=O)cc1S(=O)(=O)NCCC(=O)O. The summed E-state index contributed by atoms with van der Waals surface area (Å²) >= 11 is 0. The van der Waals surface area contributed by atoms with Crippen LogP contribution in [0.25, 0.3) is 0 Å². The molecule has 7 nitrogen and oxygen atoms in total. The summed E-state index contributed by atoms with van der Waals surface area (Å²) < 4.78 is 49.0. The van der Waals surface area contributed by atoms with Gasteiger partial charge in [0.1, 0.15) is 0 Å². The second-order valence-corrected chi connectivity index (χ2v) is 7.99. The van der Waals surface area contributed by atoms with E-state index in [1.807, 2.05) is 0 Å². The maximum Gasteiger partial charge on any atom is 0.304 e. The van der Waals surface area contributed by atoms with Gasteiger partial charge in [0.25, 0.3) is 0 Å². The Bertz CT molecular complexity index is 721. The van der Waals surface area contributed by atoms with Crippen LogP contribution in [0.3, 0.4) is 0 Å². The van der Waals surface area contributed by atoms with E-state index in [4.69, 9.17) is 5.11 Å². The molecule has 0 atom stereocenters. The predicted octanol–water partition coefficient (Wildman–Crippen LogP) is 0.152. The van der Waals surface area contributed by atoms with Crippen molar-refractivity contribution in [1.82, 2.24) is 4.72 Å². The van der Waals surface area contributed by atoms with Crippen LogP contribution in [0.15, 0.2) is 28.0 Å². The van der Waals surface area contributed by atoms with E-state index in [1.165, 1.54) is 19.1 Å². The molecule has 9 heteroatoms. The van der Waals surface area contributed by atoms with Crippen molar-refractivity contribution in [2.45, 2.75) is 23.1 Å². The van der Waals surface area contributed by atoms with Crippen molar-refractivity contribution in [2.75, 3.05) is 12.8 Å².